The number of aryl methyl sites for hydroxylation is 2. The van der Waals surface area contributed by atoms with Gasteiger partial charge in [0, 0.05) is 37.8 Å². The number of piperazine rings is 1. The third-order valence-electron chi connectivity index (χ3n) is 4.04. The van der Waals surface area contributed by atoms with Gasteiger partial charge in [-0.15, -0.1) is 0 Å². The Hall–Kier alpha value is -1.94. The van der Waals surface area contributed by atoms with E-state index in [0.29, 0.717) is 11.3 Å². The summed E-state index contributed by atoms with van der Waals surface area (Å²) in [5.74, 6) is 0.556. The Morgan fingerprint density at radius 3 is 2.25 bits per heavy atom. The van der Waals surface area contributed by atoms with Gasteiger partial charge in [-0.2, -0.15) is 0 Å². The number of aliphatic imine (C=N–C) groups is 1. The summed E-state index contributed by atoms with van der Waals surface area (Å²) < 4.78 is 13.9. The molecule has 0 spiro atoms. The second-order valence-electron chi connectivity index (χ2n) is 5.84. The van der Waals surface area contributed by atoms with Crippen LogP contribution in [0.25, 0.3) is 0 Å². The Morgan fingerprint density at radius 2 is 1.71 bits per heavy atom. The molecule has 1 heterocycles. The smallest absolute Gasteiger partial charge is 0.136 e. The summed E-state index contributed by atoms with van der Waals surface area (Å²) in [5.41, 5.74) is 3.02. The lowest BCUT2D eigenvalue weighted by Gasteiger charge is -2.35. The standard InChI is InChI=1S/C18H24FN3.C2H6/c1-6-13(2)18(22-9-7-21(5)8-10-22)20-17-12-16(19)14(3)11-15(17)4;1-2/h6,11-12H,1-2,7-10H2,3-5H3;1-2H3. The van der Waals surface area contributed by atoms with Gasteiger partial charge in [-0.05, 0) is 32.0 Å². The molecule has 0 saturated carbocycles. The molecule has 2 rings (SSSR count). The van der Waals surface area contributed by atoms with Crippen molar-refractivity contribution in [3.05, 3.63) is 53.9 Å². The summed E-state index contributed by atoms with van der Waals surface area (Å²) in [6, 6.07) is 3.32. The van der Waals surface area contributed by atoms with Crippen molar-refractivity contribution in [2.45, 2.75) is 27.7 Å². The Kier molecular flexibility index (Phi) is 7.86. The largest absolute Gasteiger partial charge is 0.354 e. The molecule has 0 unspecified atom stereocenters. The van der Waals surface area contributed by atoms with Gasteiger partial charge in [0.25, 0.3) is 0 Å². The number of halogens is 1. The lowest BCUT2D eigenvalue weighted by Crippen LogP contribution is -2.47. The first-order valence-electron chi connectivity index (χ1n) is 8.53. The molecule has 0 aliphatic carbocycles. The second-order valence-corrected chi connectivity index (χ2v) is 5.84. The van der Waals surface area contributed by atoms with E-state index >= 15 is 0 Å². The molecule has 0 aromatic heterocycles. The molecule has 1 aromatic rings. The van der Waals surface area contributed by atoms with Crippen LogP contribution < -0.4 is 0 Å². The van der Waals surface area contributed by atoms with Gasteiger partial charge in [0.2, 0.25) is 0 Å². The summed E-state index contributed by atoms with van der Waals surface area (Å²) in [4.78, 5) is 9.17. The topological polar surface area (TPSA) is 18.8 Å². The van der Waals surface area contributed by atoms with E-state index in [-0.39, 0.29) is 5.82 Å². The van der Waals surface area contributed by atoms with Crippen molar-refractivity contribution in [1.29, 1.82) is 0 Å². The first kappa shape index (κ1) is 20.1. The molecule has 24 heavy (non-hydrogen) atoms. The molecule has 4 heteroatoms. The van der Waals surface area contributed by atoms with Crippen molar-refractivity contribution < 1.29 is 4.39 Å². The molecule has 132 valence electrons. The highest BCUT2D eigenvalue weighted by Gasteiger charge is 2.19. The SMILES string of the molecule is C=CC(=C)C(=Nc1cc(F)c(C)cc1C)N1CCN(C)CC1.CC. The van der Waals surface area contributed by atoms with Crippen LogP contribution in [0.2, 0.25) is 0 Å². The minimum atomic E-state index is -0.230. The second kappa shape index (κ2) is 9.38. The van der Waals surface area contributed by atoms with E-state index in [2.05, 4.69) is 30.0 Å². The molecular weight excluding hydrogens is 301 g/mol. The Labute approximate surface area is 146 Å². The van der Waals surface area contributed by atoms with Gasteiger partial charge in [0.1, 0.15) is 11.7 Å². The van der Waals surface area contributed by atoms with Gasteiger partial charge in [0.05, 0.1) is 5.69 Å². The minimum Gasteiger partial charge on any atom is -0.354 e. The molecule has 0 amide bonds. The number of rotatable bonds is 3. The lowest BCUT2D eigenvalue weighted by atomic mass is 10.1. The van der Waals surface area contributed by atoms with Crippen LogP contribution in [0.4, 0.5) is 10.1 Å². The maximum Gasteiger partial charge on any atom is 0.136 e. The van der Waals surface area contributed by atoms with Crippen LogP contribution in [0.5, 0.6) is 0 Å². The minimum absolute atomic E-state index is 0.230. The fourth-order valence-electron chi connectivity index (χ4n) is 2.51. The number of nitrogens with zero attached hydrogens (tertiary/aromatic N) is 3. The number of amidine groups is 1. The first-order chi connectivity index (χ1) is 11.4. The first-order valence-corrected chi connectivity index (χ1v) is 8.53. The predicted molar refractivity (Wildman–Crippen MR) is 103 cm³/mol. The molecule has 0 atom stereocenters. The van der Waals surface area contributed by atoms with Crippen LogP contribution in [0.1, 0.15) is 25.0 Å². The van der Waals surface area contributed by atoms with Crippen LogP contribution in [0, 0.1) is 19.7 Å². The van der Waals surface area contributed by atoms with Crippen molar-refractivity contribution in [1.82, 2.24) is 9.80 Å². The zero-order valence-corrected chi connectivity index (χ0v) is 15.7. The third-order valence-corrected chi connectivity index (χ3v) is 4.04. The molecule has 0 bridgehead atoms. The quantitative estimate of drug-likeness (QED) is 0.462. The van der Waals surface area contributed by atoms with E-state index in [9.17, 15) is 4.39 Å². The van der Waals surface area contributed by atoms with Crippen LogP contribution >= 0.6 is 0 Å². The van der Waals surface area contributed by atoms with E-state index in [1.165, 1.54) is 6.07 Å². The Bertz CT molecular complexity index is 612. The molecule has 1 aliphatic heterocycles. The van der Waals surface area contributed by atoms with Gasteiger partial charge < -0.3 is 9.80 Å². The number of hydrogen-bond donors (Lipinski definition) is 0. The van der Waals surface area contributed by atoms with Gasteiger partial charge >= 0.3 is 0 Å². The normalized spacial score (nSPS) is 15.6. The van der Waals surface area contributed by atoms with Crippen molar-refractivity contribution in [2.75, 3.05) is 33.2 Å². The maximum atomic E-state index is 13.9. The zero-order valence-electron chi connectivity index (χ0n) is 15.7. The van der Waals surface area contributed by atoms with Gasteiger partial charge in [0.15, 0.2) is 0 Å². The van der Waals surface area contributed by atoms with Gasteiger partial charge in [-0.25, -0.2) is 9.38 Å². The van der Waals surface area contributed by atoms with Crippen molar-refractivity contribution in [3.8, 4) is 0 Å². The van der Waals surface area contributed by atoms with Crippen molar-refractivity contribution in [3.63, 3.8) is 0 Å². The number of likely N-dealkylation sites (N-methyl/N-ethyl adjacent to an activating group) is 1. The molecule has 0 radical (unpaired) electrons. The summed E-state index contributed by atoms with van der Waals surface area (Å²) in [5, 5.41) is 0. The fraction of sp³-hybridized carbons (Fsp3) is 0.450. The average Bonchev–Trinajstić information content (AvgIpc) is 2.59. The Balaban J connectivity index is 0.00000139. The van der Waals surface area contributed by atoms with Gasteiger partial charge in [-0.1, -0.05) is 39.1 Å². The predicted octanol–water partition coefficient (Wildman–Crippen LogP) is 4.49. The molecular formula is C20H30FN3. The summed E-state index contributed by atoms with van der Waals surface area (Å²) in [6.45, 7) is 19.3. The van der Waals surface area contributed by atoms with E-state index in [0.717, 1.165) is 43.2 Å². The van der Waals surface area contributed by atoms with Crippen LogP contribution in [-0.2, 0) is 0 Å². The van der Waals surface area contributed by atoms with E-state index in [1.54, 1.807) is 13.0 Å². The summed E-state index contributed by atoms with van der Waals surface area (Å²) >= 11 is 0. The highest BCUT2D eigenvalue weighted by atomic mass is 19.1. The van der Waals surface area contributed by atoms with Crippen LogP contribution in [0.3, 0.4) is 0 Å². The molecule has 1 aliphatic rings. The highest BCUT2D eigenvalue weighted by molar-refractivity contribution is 6.01. The maximum absolute atomic E-state index is 13.9. The van der Waals surface area contributed by atoms with Crippen LogP contribution in [-0.4, -0.2) is 48.9 Å². The highest BCUT2D eigenvalue weighted by Crippen LogP contribution is 2.24. The molecule has 1 saturated heterocycles. The molecule has 1 fully saturated rings. The van der Waals surface area contributed by atoms with Crippen molar-refractivity contribution >= 4 is 11.5 Å². The monoisotopic (exact) mass is 331 g/mol. The van der Waals surface area contributed by atoms with E-state index in [1.807, 2.05) is 26.8 Å². The average molecular weight is 331 g/mol. The van der Waals surface area contributed by atoms with E-state index in [4.69, 9.17) is 4.99 Å². The zero-order chi connectivity index (χ0) is 18.3. The fourth-order valence-corrected chi connectivity index (χ4v) is 2.51. The number of hydrogen-bond acceptors (Lipinski definition) is 2. The van der Waals surface area contributed by atoms with Gasteiger partial charge in [-0.3, -0.25) is 0 Å². The molecule has 3 nitrogen and oxygen atoms in total. The van der Waals surface area contributed by atoms with Crippen molar-refractivity contribution in [2.24, 2.45) is 4.99 Å². The van der Waals surface area contributed by atoms with Crippen LogP contribution in [0.15, 0.2) is 41.9 Å². The van der Waals surface area contributed by atoms with E-state index < -0.39 is 0 Å². The summed E-state index contributed by atoms with van der Waals surface area (Å²) in [7, 11) is 2.11. The third kappa shape index (κ3) is 5.03. The molecule has 1 aromatic carbocycles. The summed E-state index contributed by atoms with van der Waals surface area (Å²) in [6.07, 6.45) is 1.71. The lowest BCUT2D eigenvalue weighted by molar-refractivity contribution is 0.216. The molecule has 0 N–H and O–H groups in total. The number of benzene rings is 1. The Morgan fingerprint density at radius 1 is 1.12 bits per heavy atom.